The molecule has 0 bridgehead atoms. The standard InChI is InChI=1S/C18H18F3NO2/c1-10(16-14(20)4-3-5-15(16)21)18(24)22-11(2)17(23)12-6-8-13(19)9-7-12/h3-11,17,23H,1-2H3,(H,22,24). The molecule has 3 unspecified atom stereocenters. The lowest BCUT2D eigenvalue weighted by Gasteiger charge is -2.23. The van der Waals surface area contributed by atoms with Crippen molar-refractivity contribution in [3.05, 3.63) is 71.0 Å². The van der Waals surface area contributed by atoms with E-state index in [9.17, 15) is 23.1 Å². The van der Waals surface area contributed by atoms with Gasteiger partial charge in [-0.1, -0.05) is 18.2 Å². The first kappa shape index (κ1) is 18.0. The van der Waals surface area contributed by atoms with Crippen LogP contribution in [0.25, 0.3) is 0 Å². The van der Waals surface area contributed by atoms with Gasteiger partial charge < -0.3 is 10.4 Å². The minimum atomic E-state index is -1.08. The fraction of sp³-hybridized carbons (Fsp3) is 0.278. The first-order valence-electron chi connectivity index (χ1n) is 7.49. The minimum Gasteiger partial charge on any atom is -0.386 e. The lowest BCUT2D eigenvalue weighted by Crippen LogP contribution is -2.39. The van der Waals surface area contributed by atoms with E-state index in [-0.39, 0.29) is 5.56 Å². The maximum absolute atomic E-state index is 13.8. The summed E-state index contributed by atoms with van der Waals surface area (Å²) in [5.41, 5.74) is 0.104. The Hall–Kier alpha value is -2.34. The van der Waals surface area contributed by atoms with Crippen molar-refractivity contribution in [1.29, 1.82) is 0 Å². The summed E-state index contributed by atoms with van der Waals surface area (Å²) in [6.45, 7) is 2.93. The SMILES string of the molecule is CC(C(=O)NC(C)C(O)c1ccc(F)cc1)c1c(F)cccc1F. The zero-order chi connectivity index (χ0) is 17.9. The Balaban J connectivity index is 2.09. The van der Waals surface area contributed by atoms with E-state index in [1.165, 1.54) is 37.3 Å². The number of aliphatic hydroxyl groups excluding tert-OH is 1. The maximum atomic E-state index is 13.8. The van der Waals surface area contributed by atoms with Crippen LogP contribution in [-0.4, -0.2) is 17.1 Å². The smallest absolute Gasteiger partial charge is 0.227 e. The van der Waals surface area contributed by atoms with E-state index in [4.69, 9.17) is 0 Å². The lowest BCUT2D eigenvalue weighted by atomic mass is 9.97. The van der Waals surface area contributed by atoms with Gasteiger partial charge in [0, 0.05) is 5.56 Å². The molecule has 0 spiro atoms. The molecule has 24 heavy (non-hydrogen) atoms. The van der Waals surface area contributed by atoms with Crippen molar-refractivity contribution in [2.24, 2.45) is 0 Å². The van der Waals surface area contributed by atoms with Crippen molar-refractivity contribution in [2.75, 3.05) is 0 Å². The molecule has 0 aliphatic rings. The molecule has 0 fully saturated rings. The van der Waals surface area contributed by atoms with Crippen molar-refractivity contribution >= 4 is 5.91 Å². The normalized spacial score (nSPS) is 14.8. The Labute approximate surface area is 138 Å². The highest BCUT2D eigenvalue weighted by molar-refractivity contribution is 5.83. The van der Waals surface area contributed by atoms with Gasteiger partial charge in [-0.15, -0.1) is 0 Å². The first-order chi connectivity index (χ1) is 11.3. The number of carbonyl (C=O) groups excluding carboxylic acids is 1. The molecule has 0 radical (unpaired) electrons. The Morgan fingerprint density at radius 3 is 2.08 bits per heavy atom. The fourth-order valence-corrected chi connectivity index (χ4v) is 2.43. The van der Waals surface area contributed by atoms with Gasteiger partial charge in [-0.3, -0.25) is 4.79 Å². The van der Waals surface area contributed by atoms with Crippen LogP contribution in [0.2, 0.25) is 0 Å². The van der Waals surface area contributed by atoms with E-state index in [1.807, 2.05) is 0 Å². The zero-order valence-corrected chi connectivity index (χ0v) is 13.3. The van der Waals surface area contributed by atoms with E-state index in [0.717, 1.165) is 12.1 Å². The number of hydrogen-bond donors (Lipinski definition) is 2. The van der Waals surface area contributed by atoms with Crippen LogP contribution in [0.5, 0.6) is 0 Å². The van der Waals surface area contributed by atoms with Gasteiger partial charge in [-0.25, -0.2) is 13.2 Å². The molecule has 1 amide bonds. The first-order valence-corrected chi connectivity index (χ1v) is 7.49. The quantitative estimate of drug-likeness (QED) is 0.878. The summed E-state index contributed by atoms with van der Waals surface area (Å²) in [5.74, 6) is -3.72. The zero-order valence-electron chi connectivity index (χ0n) is 13.3. The number of halogens is 3. The second kappa shape index (κ2) is 7.49. The molecule has 2 aromatic carbocycles. The van der Waals surface area contributed by atoms with Gasteiger partial charge in [0.25, 0.3) is 0 Å². The summed E-state index contributed by atoms with van der Waals surface area (Å²) in [6, 6.07) is 7.87. The highest BCUT2D eigenvalue weighted by Gasteiger charge is 2.26. The molecule has 3 nitrogen and oxygen atoms in total. The minimum absolute atomic E-state index is 0.321. The van der Waals surface area contributed by atoms with E-state index in [1.54, 1.807) is 6.92 Å². The number of hydrogen-bond acceptors (Lipinski definition) is 2. The monoisotopic (exact) mass is 337 g/mol. The molecule has 0 aliphatic heterocycles. The molecule has 0 saturated heterocycles. The molecular formula is C18H18F3NO2. The van der Waals surface area contributed by atoms with Crippen LogP contribution < -0.4 is 5.32 Å². The number of aliphatic hydroxyl groups is 1. The number of benzene rings is 2. The van der Waals surface area contributed by atoms with Gasteiger partial charge in [0.15, 0.2) is 0 Å². The Morgan fingerprint density at radius 2 is 1.54 bits per heavy atom. The summed E-state index contributed by atoms with van der Waals surface area (Å²) in [4.78, 5) is 12.2. The highest BCUT2D eigenvalue weighted by Crippen LogP contribution is 2.24. The van der Waals surface area contributed by atoms with Crippen LogP contribution >= 0.6 is 0 Å². The van der Waals surface area contributed by atoms with E-state index >= 15 is 0 Å². The molecule has 0 heterocycles. The summed E-state index contributed by atoms with van der Waals surface area (Å²) in [7, 11) is 0. The predicted octanol–water partition coefficient (Wildman–Crippen LogP) is 3.45. The molecule has 2 rings (SSSR count). The lowest BCUT2D eigenvalue weighted by molar-refractivity contribution is -0.123. The van der Waals surface area contributed by atoms with Crippen LogP contribution in [-0.2, 0) is 4.79 Å². The van der Waals surface area contributed by atoms with Gasteiger partial charge in [-0.2, -0.15) is 0 Å². The summed E-state index contributed by atoms with van der Waals surface area (Å²) < 4.78 is 40.4. The van der Waals surface area contributed by atoms with Crippen molar-refractivity contribution < 1.29 is 23.1 Å². The van der Waals surface area contributed by atoms with Crippen LogP contribution in [0.15, 0.2) is 42.5 Å². The predicted molar refractivity (Wildman–Crippen MR) is 83.7 cm³/mol. The van der Waals surface area contributed by atoms with Crippen molar-refractivity contribution in [3.63, 3.8) is 0 Å². The van der Waals surface area contributed by atoms with Crippen LogP contribution in [0.1, 0.15) is 37.0 Å². The number of amides is 1. The molecule has 0 aliphatic carbocycles. The third kappa shape index (κ3) is 3.94. The average Bonchev–Trinajstić information content (AvgIpc) is 2.54. The second-order valence-corrected chi connectivity index (χ2v) is 5.65. The molecule has 128 valence electrons. The molecule has 3 atom stereocenters. The molecular weight excluding hydrogens is 319 g/mol. The maximum Gasteiger partial charge on any atom is 0.227 e. The van der Waals surface area contributed by atoms with Crippen LogP contribution in [0.3, 0.4) is 0 Å². The van der Waals surface area contributed by atoms with E-state index in [0.29, 0.717) is 5.56 Å². The van der Waals surface area contributed by atoms with Crippen molar-refractivity contribution in [1.82, 2.24) is 5.32 Å². The Bertz CT molecular complexity index is 698. The Kier molecular flexibility index (Phi) is 5.62. The van der Waals surface area contributed by atoms with Gasteiger partial charge in [-0.05, 0) is 43.7 Å². The topological polar surface area (TPSA) is 49.3 Å². The van der Waals surface area contributed by atoms with Gasteiger partial charge >= 0.3 is 0 Å². The van der Waals surface area contributed by atoms with E-state index in [2.05, 4.69) is 5.32 Å². The third-order valence-electron chi connectivity index (χ3n) is 3.88. The Morgan fingerprint density at radius 1 is 1.00 bits per heavy atom. The highest BCUT2D eigenvalue weighted by atomic mass is 19.1. The van der Waals surface area contributed by atoms with Crippen LogP contribution in [0.4, 0.5) is 13.2 Å². The van der Waals surface area contributed by atoms with Crippen molar-refractivity contribution in [3.8, 4) is 0 Å². The largest absolute Gasteiger partial charge is 0.386 e. The summed E-state index contributed by atoms with van der Waals surface area (Å²) in [6.07, 6.45) is -1.08. The van der Waals surface area contributed by atoms with Gasteiger partial charge in [0.05, 0.1) is 18.1 Å². The fourth-order valence-electron chi connectivity index (χ4n) is 2.43. The molecule has 6 heteroatoms. The molecule has 2 N–H and O–H groups in total. The molecule has 0 saturated carbocycles. The molecule has 2 aromatic rings. The van der Waals surface area contributed by atoms with Crippen molar-refractivity contribution in [2.45, 2.75) is 31.9 Å². The molecule has 0 aromatic heterocycles. The summed E-state index contributed by atoms with van der Waals surface area (Å²) in [5, 5.41) is 12.7. The number of nitrogens with one attached hydrogen (secondary N) is 1. The van der Waals surface area contributed by atoms with Gasteiger partial charge in [0.1, 0.15) is 17.5 Å². The third-order valence-corrected chi connectivity index (χ3v) is 3.88. The van der Waals surface area contributed by atoms with Gasteiger partial charge in [0.2, 0.25) is 5.91 Å². The number of carbonyl (C=O) groups is 1. The second-order valence-electron chi connectivity index (χ2n) is 5.65. The van der Waals surface area contributed by atoms with Crippen LogP contribution in [0, 0.1) is 17.5 Å². The summed E-state index contributed by atoms with van der Waals surface area (Å²) >= 11 is 0. The average molecular weight is 337 g/mol. The van der Waals surface area contributed by atoms with E-state index < -0.39 is 41.4 Å². The number of rotatable bonds is 5.